The third kappa shape index (κ3) is 7.00. The zero-order valence-electron chi connectivity index (χ0n) is 23.8. The van der Waals surface area contributed by atoms with Gasteiger partial charge in [0, 0.05) is 61.8 Å². The number of pyridine rings is 1. The number of ether oxygens (including phenoxy) is 1. The molecule has 2 N–H and O–H groups in total. The second-order valence-corrected chi connectivity index (χ2v) is 12.3. The average Bonchev–Trinajstić information content (AvgIpc) is 3.33. The fourth-order valence-electron chi connectivity index (χ4n) is 6.43. The first-order chi connectivity index (χ1) is 20.3. The van der Waals surface area contributed by atoms with Crippen LogP contribution in [0.1, 0.15) is 36.8 Å². The molecule has 5 heterocycles. The summed E-state index contributed by atoms with van der Waals surface area (Å²) in [6.07, 6.45) is 5.89. The molecule has 2 unspecified atom stereocenters. The molecule has 2 aromatic heterocycles. The number of piperidine rings is 1. The first-order valence-electron chi connectivity index (χ1n) is 14.7. The van der Waals surface area contributed by atoms with Crippen LogP contribution in [0.2, 0.25) is 5.02 Å². The van der Waals surface area contributed by atoms with E-state index in [1.807, 2.05) is 25.1 Å². The summed E-state index contributed by atoms with van der Waals surface area (Å²) in [7, 11) is 0. The van der Waals surface area contributed by atoms with Gasteiger partial charge in [0.05, 0.1) is 24.2 Å². The minimum atomic E-state index is -0.723. The number of aryl methyl sites for hydroxylation is 1. The van der Waals surface area contributed by atoms with Crippen molar-refractivity contribution in [3.8, 4) is 22.9 Å². The maximum absolute atomic E-state index is 11.1. The number of halogens is 1. The van der Waals surface area contributed by atoms with E-state index >= 15 is 0 Å². The fourth-order valence-corrected chi connectivity index (χ4v) is 6.72. The molecule has 0 spiro atoms. The van der Waals surface area contributed by atoms with E-state index in [2.05, 4.69) is 36.8 Å². The number of carboxylic acid groups (broad SMARTS) is 1. The number of nitrogens with zero attached hydrogens (tertiary/aromatic N) is 6. The lowest BCUT2D eigenvalue weighted by Crippen LogP contribution is -2.50. The van der Waals surface area contributed by atoms with Gasteiger partial charge in [-0.2, -0.15) is 0 Å². The highest BCUT2D eigenvalue weighted by atomic mass is 35.5. The summed E-state index contributed by atoms with van der Waals surface area (Å²) in [5.41, 5.74) is 3.78. The summed E-state index contributed by atoms with van der Waals surface area (Å²) in [4.78, 5) is 32.0. The van der Waals surface area contributed by atoms with Gasteiger partial charge in [-0.05, 0) is 80.6 Å². The number of rotatable bonds is 8. The number of carboxylic acids is 1. The van der Waals surface area contributed by atoms with Crippen LogP contribution >= 0.6 is 11.6 Å². The van der Waals surface area contributed by atoms with E-state index in [9.17, 15) is 9.90 Å². The normalized spacial score (nSPS) is 21.8. The average molecular weight is 593 g/mol. The number of hydrogen-bond donors (Lipinski definition) is 2. The van der Waals surface area contributed by atoms with Crippen LogP contribution in [0.3, 0.4) is 0 Å². The zero-order valence-corrected chi connectivity index (χ0v) is 24.6. The Morgan fingerprint density at radius 3 is 2.57 bits per heavy atom. The number of hydrogen-bond acceptors (Lipinski definition) is 9. The molecule has 2 atom stereocenters. The molecule has 3 saturated heterocycles. The zero-order chi connectivity index (χ0) is 29.2. The second-order valence-electron chi connectivity index (χ2n) is 11.8. The fraction of sp³-hybridized carbons (Fsp3) is 0.484. The summed E-state index contributed by atoms with van der Waals surface area (Å²) < 4.78 is 6.20. The van der Waals surface area contributed by atoms with Crippen molar-refractivity contribution in [3.63, 3.8) is 0 Å². The smallest absolute Gasteiger partial charge is 0.303 e. The van der Waals surface area contributed by atoms with Crippen LogP contribution in [-0.4, -0.2) is 92.3 Å². The number of aliphatic hydroxyl groups is 1. The molecule has 11 heteroatoms. The van der Waals surface area contributed by atoms with Crippen LogP contribution in [0.15, 0.2) is 42.7 Å². The highest BCUT2D eigenvalue weighted by molar-refractivity contribution is 6.30. The number of aromatic nitrogens is 3. The molecule has 10 nitrogen and oxygen atoms in total. The Balaban J connectivity index is 1.19. The Morgan fingerprint density at radius 2 is 1.83 bits per heavy atom. The number of aliphatic hydroxyl groups excluding tert-OH is 1. The molecule has 222 valence electrons. The highest BCUT2D eigenvalue weighted by Crippen LogP contribution is 2.30. The third-order valence-electron chi connectivity index (χ3n) is 8.49. The van der Waals surface area contributed by atoms with Gasteiger partial charge in [0.2, 0.25) is 11.8 Å². The molecule has 1 aromatic carbocycles. The van der Waals surface area contributed by atoms with Crippen molar-refractivity contribution >= 4 is 23.5 Å². The summed E-state index contributed by atoms with van der Waals surface area (Å²) >= 11 is 6.39. The first-order valence-corrected chi connectivity index (χ1v) is 15.0. The molecule has 0 saturated carbocycles. The topological polar surface area (TPSA) is 115 Å². The van der Waals surface area contributed by atoms with Crippen LogP contribution in [0.5, 0.6) is 11.6 Å². The molecule has 3 aliphatic heterocycles. The Bertz CT molecular complexity index is 1390. The summed E-state index contributed by atoms with van der Waals surface area (Å²) in [5, 5.41) is 19.8. The van der Waals surface area contributed by atoms with Crippen molar-refractivity contribution in [2.75, 3.05) is 44.2 Å². The van der Waals surface area contributed by atoms with E-state index in [1.165, 1.54) is 0 Å². The molecule has 42 heavy (non-hydrogen) atoms. The van der Waals surface area contributed by atoms with E-state index in [0.29, 0.717) is 35.2 Å². The van der Waals surface area contributed by atoms with Crippen LogP contribution in [-0.2, 0) is 11.3 Å². The number of piperazine rings is 1. The van der Waals surface area contributed by atoms with Gasteiger partial charge in [0.1, 0.15) is 0 Å². The van der Waals surface area contributed by atoms with Crippen molar-refractivity contribution in [2.24, 2.45) is 5.92 Å². The summed E-state index contributed by atoms with van der Waals surface area (Å²) in [6.45, 7) is 7.69. The van der Waals surface area contributed by atoms with Crippen LogP contribution in [0.25, 0.3) is 11.3 Å². The molecular weight excluding hydrogens is 556 g/mol. The van der Waals surface area contributed by atoms with E-state index in [0.717, 1.165) is 80.9 Å². The van der Waals surface area contributed by atoms with E-state index in [-0.39, 0.29) is 18.4 Å². The molecule has 3 aliphatic rings. The SMILES string of the molecule is Cc1cc(Cl)cc(-c2cc(CN3CCC(CC(=O)O)CC3)cc(Oc3cnc(N4CCN5CC(O)CC5C4)nc3)n2)c1. The van der Waals surface area contributed by atoms with Gasteiger partial charge in [-0.1, -0.05) is 11.6 Å². The minimum absolute atomic E-state index is 0.233. The molecule has 6 rings (SSSR count). The Labute approximate surface area is 250 Å². The van der Waals surface area contributed by atoms with Crippen molar-refractivity contribution in [1.29, 1.82) is 0 Å². The first kappa shape index (κ1) is 28.8. The number of benzene rings is 1. The van der Waals surface area contributed by atoms with Gasteiger partial charge >= 0.3 is 5.97 Å². The Morgan fingerprint density at radius 1 is 1.05 bits per heavy atom. The summed E-state index contributed by atoms with van der Waals surface area (Å²) in [5.74, 6) is 1.12. The van der Waals surface area contributed by atoms with Crippen LogP contribution in [0.4, 0.5) is 5.95 Å². The molecule has 0 aliphatic carbocycles. The minimum Gasteiger partial charge on any atom is -0.481 e. The monoisotopic (exact) mass is 592 g/mol. The molecule has 0 amide bonds. The molecule has 0 radical (unpaired) electrons. The maximum atomic E-state index is 11.1. The number of carbonyl (C=O) groups is 1. The largest absolute Gasteiger partial charge is 0.481 e. The van der Waals surface area contributed by atoms with Gasteiger partial charge in [-0.25, -0.2) is 15.0 Å². The highest BCUT2D eigenvalue weighted by Gasteiger charge is 2.36. The van der Waals surface area contributed by atoms with E-state index < -0.39 is 5.97 Å². The Kier molecular flexibility index (Phi) is 8.57. The predicted molar refractivity (Wildman–Crippen MR) is 160 cm³/mol. The quantitative estimate of drug-likeness (QED) is 0.394. The summed E-state index contributed by atoms with van der Waals surface area (Å²) in [6, 6.07) is 10.2. The van der Waals surface area contributed by atoms with Gasteiger partial charge in [0.25, 0.3) is 0 Å². The lowest BCUT2D eigenvalue weighted by atomic mass is 9.93. The maximum Gasteiger partial charge on any atom is 0.303 e. The van der Waals surface area contributed by atoms with Gasteiger partial charge in [-0.3, -0.25) is 14.6 Å². The van der Waals surface area contributed by atoms with Gasteiger partial charge < -0.3 is 19.8 Å². The second kappa shape index (κ2) is 12.5. The lowest BCUT2D eigenvalue weighted by molar-refractivity contribution is -0.138. The van der Waals surface area contributed by atoms with Crippen LogP contribution in [0, 0.1) is 12.8 Å². The lowest BCUT2D eigenvalue weighted by Gasteiger charge is -2.37. The van der Waals surface area contributed by atoms with Crippen LogP contribution < -0.4 is 9.64 Å². The van der Waals surface area contributed by atoms with E-state index in [1.54, 1.807) is 12.4 Å². The Hall–Kier alpha value is -3.31. The number of likely N-dealkylation sites (tertiary alicyclic amines) is 1. The molecular formula is C31H37ClN6O4. The van der Waals surface area contributed by atoms with E-state index in [4.69, 9.17) is 26.4 Å². The van der Waals surface area contributed by atoms with Crippen molar-refractivity contribution in [3.05, 3.63) is 58.9 Å². The number of anilines is 1. The van der Waals surface area contributed by atoms with Crippen molar-refractivity contribution in [2.45, 2.75) is 51.3 Å². The molecule has 3 fully saturated rings. The van der Waals surface area contributed by atoms with Gasteiger partial charge in [0.15, 0.2) is 5.75 Å². The molecule has 3 aromatic rings. The molecule has 0 bridgehead atoms. The number of fused-ring (bicyclic) bond motifs is 1. The van der Waals surface area contributed by atoms with Crippen molar-refractivity contribution in [1.82, 2.24) is 24.8 Å². The van der Waals surface area contributed by atoms with Crippen molar-refractivity contribution < 1.29 is 19.7 Å². The number of aliphatic carboxylic acids is 1. The standard InChI is InChI=1S/C31H37ClN6O4/c1-20-8-23(13-24(32)9-20)28-10-22(17-36-4-2-21(3-5-36)12-30(40)41)11-29(35-28)42-27-15-33-31(34-16-27)38-7-6-37-19-26(39)14-25(37)18-38/h8-11,13,15-16,21,25-26,39H,2-7,12,14,17-19H2,1H3,(H,40,41). The predicted octanol–water partition coefficient (Wildman–Crippen LogP) is 4.23. The van der Waals surface area contributed by atoms with Gasteiger partial charge in [-0.15, -0.1) is 0 Å². The third-order valence-corrected chi connectivity index (χ3v) is 8.71.